The molecule has 0 saturated heterocycles. The fraction of sp³-hybridized carbons (Fsp3) is 0.273. The Morgan fingerprint density at radius 2 is 2.07 bits per heavy atom. The summed E-state index contributed by atoms with van der Waals surface area (Å²) in [6, 6.07) is 6.40. The third kappa shape index (κ3) is 1.43. The maximum atomic E-state index is 3.84. The van der Waals surface area contributed by atoms with Crippen molar-refractivity contribution in [1.82, 2.24) is 20.1 Å². The lowest BCUT2D eigenvalue weighted by Gasteiger charge is -2.20. The molecule has 2 aromatic rings. The lowest BCUT2D eigenvalue weighted by Crippen LogP contribution is -2.24. The third-order valence-corrected chi connectivity index (χ3v) is 2.82. The zero-order valence-corrected chi connectivity index (χ0v) is 8.35. The highest BCUT2D eigenvalue weighted by Gasteiger charge is 2.12. The monoisotopic (exact) mass is 200 g/mol. The molecule has 15 heavy (non-hydrogen) atoms. The Labute approximate surface area is 88.0 Å². The molecule has 0 bridgehead atoms. The molecule has 1 aromatic carbocycles. The maximum Gasteiger partial charge on any atom is 0.123 e. The summed E-state index contributed by atoms with van der Waals surface area (Å²) in [5.41, 5.74) is 3.98. The second-order valence-electron chi connectivity index (χ2n) is 3.71. The second kappa shape index (κ2) is 3.47. The first-order valence-electron chi connectivity index (χ1n) is 5.11. The van der Waals surface area contributed by atoms with E-state index in [-0.39, 0.29) is 0 Å². The van der Waals surface area contributed by atoms with Crippen LogP contribution in [0.4, 0.5) is 0 Å². The van der Waals surface area contributed by atoms with E-state index in [0.29, 0.717) is 0 Å². The molecule has 0 unspecified atom stereocenters. The first-order valence-corrected chi connectivity index (χ1v) is 5.11. The number of aromatic nitrogens is 3. The van der Waals surface area contributed by atoms with Crippen molar-refractivity contribution in [2.24, 2.45) is 0 Å². The quantitative estimate of drug-likeness (QED) is 0.744. The fourth-order valence-corrected chi connectivity index (χ4v) is 2.06. The molecule has 1 N–H and O–H groups in total. The maximum absolute atomic E-state index is 3.84. The van der Waals surface area contributed by atoms with Crippen molar-refractivity contribution in [2.75, 3.05) is 6.54 Å². The summed E-state index contributed by atoms with van der Waals surface area (Å²) in [5.74, 6) is 0. The van der Waals surface area contributed by atoms with Crippen molar-refractivity contribution in [2.45, 2.75) is 13.0 Å². The van der Waals surface area contributed by atoms with E-state index in [1.54, 1.807) is 12.7 Å². The number of hydrogen-bond donors (Lipinski definition) is 1. The average molecular weight is 200 g/mol. The van der Waals surface area contributed by atoms with Crippen LogP contribution in [-0.4, -0.2) is 21.3 Å². The van der Waals surface area contributed by atoms with Crippen LogP contribution in [-0.2, 0) is 13.0 Å². The molecule has 1 aliphatic heterocycles. The van der Waals surface area contributed by atoms with Gasteiger partial charge in [0, 0.05) is 6.54 Å². The Kier molecular flexibility index (Phi) is 1.99. The largest absolute Gasteiger partial charge is 0.312 e. The standard InChI is InChI=1S/C11H12N4/c1-2-9-4-5-12-6-10(9)11(3-1)15-7-13-14-8-15/h1-3,7-8,12H,4-6H2. The van der Waals surface area contributed by atoms with Crippen LogP contribution < -0.4 is 5.32 Å². The third-order valence-electron chi connectivity index (χ3n) is 2.82. The van der Waals surface area contributed by atoms with Crippen LogP contribution in [0, 0.1) is 0 Å². The normalized spacial score (nSPS) is 14.9. The number of rotatable bonds is 1. The van der Waals surface area contributed by atoms with Crippen LogP contribution in [0.15, 0.2) is 30.9 Å². The Morgan fingerprint density at radius 3 is 2.93 bits per heavy atom. The molecule has 2 heterocycles. The number of fused-ring (bicyclic) bond motifs is 1. The Morgan fingerprint density at radius 1 is 1.20 bits per heavy atom. The zero-order chi connectivity index (χ0) is 10.1. The molecule has 4 nitrogen and oxygen atoms in total. The number of hydrogen-bond acceptors (Lipinski definition) is 3. The number of nitrogens with zero attached hydrogens (tertiary/aromatic N) is 3. The molecule has 0 radical (unpaired) electrons. The summed E-state index contributed by atoms with van der Waals surface area (Å²) in [6.07, 6.45) is 4.58. The highest BCUT2D eigenvalue weighted by Crippen LogP contribution is 2.21. The van der Waals surface area contributed by atoms with Gasteiger partial charge >= 0.3 is 0 Å². The van der Waals surface area contributed by atoms with Gasteiger partial charge in [-0.25, -0.2) is 0 Å². The highest BCUT2D eigenvalue weighted by atomic mass is 15.2. The van der Waals surface area contributed by atoms with Crippen molar-refractivity contribution < 1.29 is 0 Å². The Bertz CT molecular complexity index is 461. The molecule has 4 heteroatoms. The molecule has 1 aliphatic rings. The molecule has 3 rings (SSSR count). The minimum Gasteiger partial charge on any atom is -0.312 e. The van der Waals surface area contributed by atoms with Gasteiger partial charge in [-0.3, -0.25) is 4.57 Å². The predicted molar refractivity (Wildman–Crippen MR) is 56.8 cm³/mol. The van der Waals surface area contributed by atoms with Crippen molar-refractivity contribution in [1.29, 1.82) is 0 Å². The van der Waals surface area contributed by atoms with Gasteiger partial charge in [0.15, 0.2) is 0 Å². The average Bonchev–Trinajstić information content (AvgIpc) is 2.82. The number of nitrogens with one attached hydrogen (secondary N) is 1. The summed E-state index contributed by atoms with van der Waals surface area (Å²) < 4.78 is 1.96. The molecule has 0 atom stereocenters. The first kappa shape index (κ1) is 8.61. The summed E-state index contributed by atoms with van der Waals surface area (Å²) >= 11 is 0. The zero-order valence-electron chi connectivity index (χ0n) is 8.35. The van der Waals surface area contributed by atoms with Gasteiger partial charge in [-0.1, -0.05) is 12.1 Å². The van der Waals surface area contributed by atoms with Gasteiger partial charge < -0.3 is 5.32 Å². The van der Waals surface area contributed by atoms with E-state index in [9.17, 15) is 0 Å². The minimum atomic E-state index is 0.934. The van der Waals surface area contributed by atoms with Gasteiger partial charge in [-0.2, -0.15) is 0 Å². The van der Waals surface area contributed by atoms with Gasteiger partial charge in [0.25, 0.3) is 0 Å². The van der Waals surface area contributed by atoms with E-state index in [2.05, 4.69) is 33.7 Å². The smallest absolute Gasteiger partial charge is 0.123 e. The molecule has 0 saturated carbocycles. The van der Waals surface area contributed by atoms with Crippen LogP contribution in [0.2, 0.25) is 0 Å². The summed E-state index contributed by atoms with van der Waals surface area (Å²) in [6.45, 7) is 2.00. The van der Waals surface area contributed by atoms with E-state index >= 15 is 0 Å². The van der Waals surface area contributed by atoms with E-state index in [4.69, 9.17) is 0 Å². The van der Waals surface area contributed by atoms with E-state index in [1.165, 1.54) is 16.8 Å². The van der Waals surface area contributed by atoms with Gasteiger partial charge in [-0.05, 0) is 30.2 Å². The SMILES string of the molecule is c1cc2c(c(-n3cnnc3)c1)CNCC2. The lowest BCUT2D eigenvalue weighted by atomic mass is 9.99. The van der Waals surface area contributed by atoms with Crippen LogP contribution >= 0.6 is 0 Å². The van der Waals surface area contributed by atoms with Crippen LogP contribution in [0.5, 0.6) is 0 Å². The molecular weight excluding hydrogens is 188 g/mol. The van der Waals surface area contributed by atoms with E-state index in [0.717, 1.165) is 19.5 Å². The van der Waals surface area contributed by atoms with Gasteiger partial charge in [-0.15, -0.1) is 10.2 Å². The van der Waals surface area contributed by atoms with Crippen LogP contribution in [0.3, 0.4) is 0 Å². The van der Waals surface area contributed by atoms with Crippen LogP contribution in [0.25, 0.3) is 5.69 Å². The molecular formula is C11H12N4. The fourth-order valence-electron chi connectivity index (χ4n) is 2.06. The van der Waals surface area contributed by atoms with Crippen molar-refractivity contribution in [3.63, 3.8) is 0 Å². The summed E-state index contributed by atoms with van der Waals surface area (Å²) in [4.78, 5) is 0. The van der Waals surface area contributed by atoms with E-state index in [1.807, 2.05) is 4.57 Å². The number of benzene rings is 1. The van der Waals surface area contributed by atoms with E-state index < -0.39 is 0 Å². The molecule has 0 fully saturated rings. The molecule has 1 aromatic heterocycles. The Hall–Kier alpha value is -1.68. The first-order chi connectivity index (χ1) is 7.45. The van der Waals surface area contributed by atoms with Gasteiger partial charge in [0.2, 0.25) is 0 Å². The molecule has 0 amide bonds. The topological polar surface area (TPSA) is 42.7 Å². The van der Waals surface area contributed by atoms with Crippen LogP contribution in [0.1, 0.15) is 11.1 Å². The molecule has 76 valence electrons. The van der Waals surface area contributed by atoms with Crippen molar-refractivity contribution in [3.8, 4) is 5.69 Å². The van der Waals surface area contributed by atoms with Gasteiger partial charge in [0.1, 0.15) is 12.7 Å². The Balaban J connectivity index is 2.15. The van der Waals surface area contributed by atoms with Gasteiger partial charge in [0.05, 0.1) is 5.69 Å². The highest BCUT2D eigenvalue weighted by molar-refractivity contribution is 5.46. The second-order valence-corrected chi connectivity index (χ2v) is 3.71. The van der Waals surface area contributed by atoms with Crippen molar-refractivity contribution >= 4 is 0 Å². The summed E-state index contributed by atoms with van der Waals surface area (Å²) in [7, 11) is 0. The van der Waals surface area contributed by atoms with Crippen molar-refractivity contribution in [3.05, 3.63) is 42.0 Å². The minimum absolute atomic E-state index is 0.934. The lowest BCUT2D eigenvalue weighted by molar-refractivity contribution is 0.640. The molecule has 0 spiro atoms. The summed E-state index contributed by atoms with van der Waals surface area (Å²) in [5, 5.41) is 11.1. The molecule has 0 aliphatic carbocycles. The predicted octanol–water partition coefficient (Wildman–Crippen LogP) is 0.913.